The summed E-state index contributed by atoms with van der Waals surface area (Å²) in [6, 6.07) is 4.44. The van der Waals surface area contributed by atoms with Crippen LogP contribution in [-0.2, 0) is 6.54 Å². The number of aromatic nitrogens is 1. The lowest BCUT2D eigenvalue weighted by Gasteiger charge is -2.20. The van der Waals surface area contributed by atoms with Gasteiger partial charge in [0.2, 0.25) is 0 Å². The van der Waals surface area contributed by atoms with Crippen LogP contribution in [0.3, 0.4) is 0 Å². The number of hydrogen-bond acceptors (Lipinski definition) is 2. The van der Waals surface area contributed by atoms with Crippen LogP contribution in [0.5, 0.6) is 0 Å². The minimum Gasteiger partial charge on any atom is -0.296 e. The number of likely N-dealkylation sites (tertiary alicyclic amines) is 1. The van der Waals surface area contributed by atoms with Crippen LogP contribution < -0.4 is 0 Å². The average molecular weight is 245 g/mol. The smallest absolute Gasteiger partial charge is 0.131 e. The van der Waals surface area contributed by atoms with Crippen LogP contribution in [0.25, 0.3) is 0 Å². The Morgan fingerprint density at radius 1 is 1.40 bits per heavy atom. The van der Waals surface area contributed by atoms with Crippen LogP contribution in [0.2, 0.25) is 10.3 Å². The van der Waals surface area contributed by atoms with Gasteiger partial charge < -0.3 is 0 Å². The molecule has 0 radical (unpaired) electrons. The maximum atomic E-state index is 5.86. The third kappa shape index (κ3) is 2.83. The van der Waals surface area contributed by atoms with E-state index in [0.717, 1.165) is 12.1 Å². The quantitative estimate of drug-likeness (QED) is 0.742. The molecule has 1 fully saturated rings. The molecule has 0 aromatic carbocycles. The van der Waals surface area contributed by atoms with Crippen molar-refractivity contribution in [1.82, 2.24) is 9.88 Å². The monoisotopic (exact) mass is 244 g/mol. The first kappa shape index (κ1) is 11.2. The maximum Gasteiger partial charge on any atom is 0.131 e. The number of pyridine rings is 1. The lowest BCUT2D eigenvalue weighted by atomic mass is 10.2. The highest BCUT2D eigenvalue weighted by Crippen LogP contribution is 2.21. The minimum absolute atomic E-state index is 0.476. The number of hydrogen-bond donors (Lipinski definition) is 0. The molecule has 0 unspecified atom stereocenters. The molecule has 0 N–H and O–H groups in total. The Kier molecular flexibility index (Phi) is 3.49. The van der Waals surface area contributed by atoms with Gasteiger partial charge in [-0.1, -0.05) is 23.2 Å². The van der Waals surface area contributed by atoms with Crippen LogP contribution in [0, 0.1) is 0 Å². The highest BCUT2D eigenvalue weighted by Gasteiger charge is 2.20. The zero-order valence-electron chi connectivity index (χ0n) is 8.71. The molecule has 1 atom stereocenters. The summed E-state index contributed by atoms with van der Waals surface area (Å²) in [5.41, 5.74) is 1.15. The van der Waals surface area contributed by atoms with E-state index in [1.807, 2.05) is 12.1 Å². The highest BCUT2D eigenvalue weighted by molar-refractivity contribution is 6.32. The summed E-state index contributed by atoms with van der Waals surface area (Å²) in [4.78, 5) is 6.39. The summed E-state index contributed by atoms with van der Waals surface area (Å²) in [7, 11) is 0. The first-order valence-electron chi connectivity index (χ1n) is 5.21. The molecule has 15 heavy (non-hydrogen) atoms. The van der Waals surface area contributed by atoms with Gasteiger partial charge in [0.15, 0.2) is 0 Å². The van der Waals surface area contributed by atoms with Gasteiger partial charge in [0, 0.05) is 12.6 Å². The average Bonchev–Trinajstić information content (AvgIpc) is 2.50. The molecule has 1 aliphatic heterocycles. The van der Waals surface area contributed by atoms with Gasteiger partial charge in [-0.05, 0) is 44.0 Å². The third-order valence-corrected chi connectivity index (χ3v) is 3.29. The Hall–Kier alpha value is -0.310. The van der Waals surface area contributed by atoms with E-state index in [-0.39, 0.29) is 0 Å². The molecule has 2 heterocycles. The van der Waals surface area contributed by atoms with Gasteiger partial charge in [-0.3, -0.25) is 4.90 Å². The van der Waals surface area contributed by atoms with Crippen LogP contribution in [-0.4, -0.2) is 22.5 Å². The zero-order valence-corrected chi connectivity index (χ0v) is 10.2. The summed E-state index contributed by atoms with van der Waals surface area (Å²) < 4.78 is 0. The molecular formula is C11H14Cl2N2. The molecule has 4 heteroatoms. The van der Waals surface area contributed by atoms with Gasteiger partial charge in [0.05, 0.1) is 0 Å². The van der Waals surface area contributed by atoms with Crippen molar-refractivity contribution < 1.29 is 0 Å². The van der Waals surface area contributed by atoms with Crippen molar-refractivity contribution in [3.05, 3.63) is 28.0 Å². The zero-order chi connectivity index (χ0) is 10.8. The Bertz CT molecular complexity index is 334. The SMILES string of the molecule is C[C@H]1CCCN1Cc1cc(Cl)nc(Cl)c1. The van der Waals surface area contributed by atoms with Gasteiger partial charge in [0.1, 0.15) is 10.3 Å². The maximum absolute atomic E-state index is 5.86. The van der Waals surface area contributed by atoms with Crippen molar-refractivity contribution in [3.8, 4) is 0 Å². The molecule has 2 rings (SSSR count). The van der Waals surface area contributed by atoms with Crippen molar-refractivity contribution in [2.24, 2.45) is 0 Å². The number of halogens is 2. The Morgan fingerprint density at radius 2 is 2.07 bits per heavy atom. The second-order valence-corrected chi connectivity index (χ2v) is 4.86. The summed E-state index contributed by atoms with van der Waals surface area (Å²) in [5.74, 6) is 0. The van der Waals surface area contributed by atoms with E-state index in [1.54, 1.807) is 0 Å². The van der Waals surface area contributed by atoms with Crippen LogP contribution in [0.4, 0.5) is 0 Å². The van der Waals surface area contributed by atoms with E-state index in [9.17, 15) is 0 Å². The van der Waals surface area contributed by atoms with Gasteiger partial charge in [-0.2, -0.15) is 0 Å². The summed E-state index contributed by atoms with van der Waals surface area (Å²) in [5, 5.41) is 0.953. The molecule has 0 amide bonds. The largest absolute Gasteiger partial charge is 0.296 e. The minimum atomic E-state index is 0.476. The van der Waals surface area contributed by atoms with E-state index >= 15 is 0 Å². The molecule has 1 aromatic rings. The van der Waals surface area contributed by atoms with Crippen molar-refractivity contribution in [2.45, 2.75) is 32.4 Å². The fourth-order valence-corrected chi connectivity index (χ4v) is 2.57. The molecule has 0 bridgehead atoms. The van der Waals surface area contributed by atoms with Crippen LogP contribution in [0.15, 0.2) is 12.1 Å². The van der Waals surface area contributed by atoms with Crippen LogP contribution in [0.1, 0.15) is 25.3 Å². The first-order chi connectivity index (χ1) is 7.15. The normalized spacial score (nSPS) is 22.2. The summed E-state index contributed by atoms with van der Waals surface area (Å²) in [6.07, 6.45) is 2.57. The predicted molar refractivity (Wildman–Crippen MR) is 63.4 cm³/mol. The molecule has 2 nitrogen and oxygen atoms in total. The van der Waals surface area contributed by atoms with Crippen molar-refractivity contribution in [2.75, 3.05) is 6.54 Å². The first-order valence-corrected chi connectivity index (χ1v) is 5.97. The van der Waals surface area contributed by atoms with E-state index in [2.05, 4.69) is 16.8 Å². The fourth-order valence-electron chi connectivity index (χ4n) is 2.07. The number of nitrogens with zero attached hydrogens (tertiary/aromatic N) is 2. The fraction of sp³-hybridized carbons (Fsp3) is 0.545. The summed E-state index contributed by atoms with van der Waals surface area (Å²) >= 11 is 11.7. The predicted octanol–water partition coefficient (Wildman–Crippen LogP) is 3.37. The molecule has 1 saturated heterocycles. The van der Waals surface area contributed by atoms with E-state index in [4.69, 9.17) is 23.2 Å². The summed E-state index contributed by atoms with van der Waals surface area (Å²) in [6.45, 7) is 4.35. The molecule has 1 aromatic heterocycles. The van der Waals surface area contributed by atoms with E-state index in [0.29, 0.717) is 16.3 Å². The molecule has 0 spiro atoms. The lowest BCUT2D eigenvalue weighted by Crippen LogP contribution is -2.26. The molecule has 82 valence electrons. The van der Waals surface area contributed by atoms with Gasteiger partial charge in [-0.25, -0.2) is 4.98 Å². The van der Waals surface area contributed by atoms with Gasteiger partial charge in [0.25, 0.3) is 0 Å². The van der Waals surface area contributed by atoms with Crippen molar-refractivity contribution >= 4 is 23.2 Å². The van der Waals surface area contributed by atoms with Crippen molar-refractivity contribution in [1.29, 1.82) is 0 Å². The molecule has 0 aliphatic carbocycles. The lowest BCUT2D eigenvalue weighted by molar-refractivity contribution is 0.260. The standard InChI is InChI=1S/C11H14Cl2N2/c1-8-3-2-4-15(8)7-9-5-10(12)14-11(13)6-9/h5-6,8H,2-4,7H2,1H3/t8-/m0/s1. The second-order valence-electron chi connectivity index (χ2n) is 4.08. The molecular weight excluding hydrogens is 231 g/mol. The number of rotatable bonds is 2. The van der Waals surface area contributed by atoms with E-state index in [1.165, 1.54) is 19.4 Å². The van der Waals surface area contributed by atoms with Crippen LogP contribution >= 0.6 is 23.2 Å². The third-order valence-electron chi connectivity index (χ3n) is 2.90. The Balaban J connectivity index is 2.10. The van der Waals surface area contributed by atoms with Crippen molar-refractivity contribution in [3.63, 3.8) is 0 Å². The molecule has 0 saturated carbocycles. The van der Waals surface area contributed by atoms with Gasteiger partial charge >= 0.3 is 0 Å². The Morgan fingerprint density at radius 3 is 2.60 bits per heavy atom. The second kappa shape index (κ2) is 4.69. The highest BCUT2D eigenvalue weighted by atomic mass is 35.5. The van der Waals surface area contributed by atoms with Gasteiger partial charge in [-0.15, -0.1) is 0 Å². The Labute approximate surface area is 100 Å². The molecule has 1 aliphatic rings. The topological polar surface area (TPSA) is 16.1 Å². The van der Waals surface area contributed by atoms with E-state index < -0.39 is 0 Å².